The van der Waals surface area contributed by atoms with E-state index in [2.05, 4.69) is 25.4 Å². The molecule has 0 atom stereocenters. The van der Waals surface area contributed by atoms with Crippen molar-refractivity contribution in [3.8, 4) is 0 Å². The molecule has 2 fully saturated rings. The zero-order valence-electron chi connectivity index (χ0n) is 17.7. The molecule has 0 saturated carbocycles. The monoisotopic (exact) mass is 410 g/mol. The Hall–Kier alpha value is -2.71. The molecule has 0 radical (unpaired) electrons. The van der Waals surface area contributed by atoms with Crippen molar-refractivity contribution in [2.24, 2.45) is 0 Å². The van der Waals surface area contributed by atoms with E-state index in [0.717, 1.165) is 81.1 Å². The van der Waals surface area contributed by atoms with Crippen molar-refractivity contribution in [3.63, 3.8) is 0 Å². The first-order chi connectivity index (χ1) is 14.6. The number of aromatic nitrogens is 2. The number of benzene rings is 1. The number of nitrogens with one attached hydrogen (secondary N) is 2. The first kappa shape index (κ1) is 20.6. The van der Waals surface area contributed by atoms with Crippen LogP contribution < -0.4 is 15.5 Å². The summed E-state index contributed by atoms with van der Waals surface area (Å²) in [7, 11) is 0. The molecule has 1 aromatic heterocycles. The number of nitrogens with zero attached hydrogens (tertiary/aromatic N) is 4. The topological polar surface area (TPSA) is 82.6 Å². The molecule has 2 saturated heterocycles. The van der Waals surface area contributed by atoms with Crippen LogP contribution in [-0.2, 0) is 9.53 Å². The molecule has 2 aromatic rings. The molecule has 1 amide bonds. The summed E-state index contributed by atoms with van der Waals surface area (Å²) in [6.07, 6.45) is 2.26. The molecule has 0 bridgehead atoms. The van der Waals surface area contributed by atoms with Crippen molar-refractivity contribution in [1.29, 1.82) is 0 Å². The van der Waals surface area contributed by atoms with Crippen molar-refractivity contribution in [2.45, 2.75) is 32.7 Å². The van der Waals surface area contributed by atoms with Crippen LogP contribution in [0.15, 0.2) is 30.3 Å². The van der Waals surface area contributed by atoms with E-state index >= 15 is 0 Å². The molecule has 1 aromatic carbocycles. The van der Waals surface area contributed by atoms with E-state index in [9.17, 15) is 4.79 Å². The predicted molar refractivity (Wildman–Crippen MR) is 118 cm³/mol. The van der Waals surface area contributed by atoms with Crippen LogP contribution in [0.4, 0.5) is 23.1 Å². The molecule has 2 N–H and O–H groups in total. The van der Waals surface area contributed by atoms with Crippen molar-refractivity contribution >= 4 is 29.0 Å². The largest absolute Gasteiger partial charge is 0.379 e. The Labute approximate surface area is 177 Å². The van der Waals surface area contributed by atoms with Crippen LogP contribution >= 0.6 is 0 Å². The van der Waals surface area contributed by atoms with Gasteiger partial charge in [-0.05, 0) is 44.0 Å². The number of morpholine rings is 1. The molecule has 0 unspecified atom stereocenters. The van der Waals surface area contributed by atoms with Gasteiger partial charge in [0.1, 0.15) is 5.82 Å². The Bertz CT molecular complexity index is 858. The third kappa shape index (κ3) is 5.25. The van der Waals surface area contributed by atoms with Gasteiger partial charge in [-0.25, -0.2) is 4.98 Å². The van der Waals surface area contributed by atoms with Gasteiger partial charge in [-0.1, -0.05) is 0 Å². The van der Waals surface area contributed by atoms with Gasteiger partial charge in [0.15, 0.2) is 0 Å². The maximum Gasteiger partial charge on any atom is 0.227 e. The number of amides is 1. The first-order valence-electron chi connectivity index (χ1n) is 10.6. The maximum atomic E-state index is 11.2. The number of aryl methyl sites for hydroxylation is 1. The zero-order valence-corrected chi connectivity index (χ0v) is 17.7. The number of hydrogen-bond acceptors (Lipinski definition) is 7. The SMILES string of the molecule is CC(=O)Nc1ccc(Nc2cc(C)nc(N3CCC(N4CCOCC4)CC3)n2)cc1. The van der Waals surface area contributed by atoms with Gasteiger partial charge < -0.3 is 20.3 Å². The van der Waals surface area contributed by atoms with E-state index in [4.69, 9.17) is 9.72 Å². The average molecular weight is 411 g/mol. The van der Waals surface area contributed by atoms with E-state index in [1.807, 2.05) is 37.3 Å². The lowest BCUT2D eigenvalue weighted by atomic mass is 10.0. The molecule has 0 aliphatic carbocycles. The molecule has 2 aliphatic rings. The van der Waals surface area contributed by atoms with Gasteiger partial charge in [-0.2, -0.15) is 4.98 Å². The first-order valence-corrected chi connectivity index (χ1v) is 10.6. The standard InChI is InChI=1S/C22H30N6O2/c1-16-15-21(25-19-5-3-18(4-6-19)24-17(2)29)26-22(23-16)28-9-7-20(8-10-28)27-11-13-30-14-12-27/h3-6,15,20H,7-14H2,1-2H3,(H,24,29)(H,23,25,26). The van der Waals surface area contributed by atoms with Gasteiger partial charge in [0, 0.05) is 62.3 Å². The second-order valence-corrected chi connectivity index (χ2v) is 7.94. The van der Waals surface area contributed by atoms with Gasteiger partial charge in [0.05, 0.1) is 13.2 Å². The highest BCUT2D eigenvalue weighted by atomic mass is 16.5. The maximum absolute atomic E-state index is 11.2. The van der Waals surface area contributed by atoms with Crippen LogP contribution in [0, 0.1) is 6.92 Å². The fraction of sp³-hybridized carbons (Fsp3) is 0.500. The summed E-state index contributed by atoms with van der Waals surface area (Å²) < 4.78 is 5.48. The second-order valence-electron chi connectivity index (χ2n) is 7.94. The summed E-state index contributed by atoms with van der Waals surface area (Å²) in [5.74, 6) is 1.48. The summed E-state index contributed by atoms with van der Waals surface area (Å²) in [5, 5.41) is 6.13. The smallest absolute Gasteiger partial charge is 0.227 e. The van der Waals surface area contributed by atoms with E-state index < -0.39 is 0 Å². The Morgan fingerprint density at radius 3 is 2.37 bits per heavy atom. The molecule has 8 nitrogen and oxygen atoms in total. The quantitative estimate of drug-likeness (QED) is 0.784. The minimum Gasteiger partial charge on any atom is -0.379 e. The zero-order chi connectivity index (χ0) is 20.9. The van der Waals surface area contributed by atoms with Gasteiger partial charge in [-0.3, -0.25) is 9.69 Å². The lowest BCUT2D eigenvalue weighted by molar-refractivity contribution is -0.114. The molecule has 4 rings (SSSR count). The molecule has 2 aliphatic heterocycles. The molecular formula is C22H30N6O2. The summed E-state index contributed by atoms with van der Waals surface area (Å²) >= 11 is 0. The summed E-state index contributed by atoms with van der Waals surface area (Å²) in [5.41, 5.74) is 2.63. The Morgan fingerprint density at radius 2 is 1.70 bits per heavy atom. The number of rotatable bonds is 5. The van der Waals surface area contributed by atoms with Crippen LogP contribution in [0.25, 0.3) is 0 Å². The minimum atomic E-state index is -0.0795. The average Bonchev–Trinajstić information content (AvgIpc) is 2.75. The fourth-order valence-electron chi connectivity index (χ4n) is 4.12. The molecule has 30 heavy (non-hydrogen) atoms. The van der Waals surface area contributed by atoms with Crippen molar-refractivity contribution in [1.82, 2.24) is 14.9 Å². The van der Waals surface area contributed by atoms with E-state index in [-0.39, 0.29) is 5.91 Å². The Morgan fingerprint density at radius 1 is 1.03 bits per heavy atom. The van der Waals surface area contributed by atoms with E-state index in [1.165, 1.54) is 6.92 Å². The van der Waals surface area contributed by atoms with Gasteiger partial charge in [0.25, 0.3) is 0 Å². The normalized spacial score (nSPS) is 18.3. The Kier molecular flexibility index (Phi) is 6.44. The van der Waals surface area contributed by atoms with Crippen LogP contribution in [0.1, 0.15) is 25.5 Å². The molecule has 0 spiro atoms. The van der Waals surface area contributed by atoms with Crippen LogP contribution in [0.3, 0.4) is 0 Å². The summed E-state index contributed by atoms with van der Waals surface area (Å²) in [6.45, 7) is 9.22. The third-order valence-electron chi connectivity index (χ3n) is 5.63. The Balaban J connectivity index is 1.39. The number of hydrogen-bond donors (Lipinski definition) is 2. The lowest BCUT2D eigenvalue weighted by Gasteiger charge is -2.40. The molecule has 8 heteroatoms. The third-order valence-corrected chi connectivity index (χ3v) is 5.63. The van der Waals surface area contributed by atoms with Crippen molar-refractivity contribution < 1.29 is 9.53 Å². The number of piperidine rings is 1. The predicted octanol–water partition coefficient (Wildman–Crippen LogP) is 2.79. The highest BCUT2D eigenvalue weighted by molar-refractivity contribution is 5.88. The number of carbonyl (C=O) groups is 1. The minimum absolute atomic E-state index is 0.0795. The molecular weight excluding hydrogens is 380 g/mol. The second kappa shape index (κ2) is 9.40. The lowest BCUT2D eigenvalue weighted by Crippen LogP contribution is -2.49. The number of ether oxygens (including phenoxy) is 1. The van der Waals surface area contributed by atoms with Crippen LogP contribution in [0.5, 0.6) is 0 Å². The number of anilines is 4. The van der Waals surface area contributed by atoms with Crippen LogP contribution in [-0.4, -0.2) is 66.2 Å². The molecule has 3 heterocycles. The van der Waals surface area contributed by atoms with E-state index in [1.54, 1.807) is 0 Å². The van der Waals surface area contributed by atoms with Gasteiger partial charge in [0.2, 0.25) is 11.9 Å². The van der Waals surface area contributed by atoms with Crippen LogP contribution in [0.2, 0.25) is 0 Å². The van der Waals surface area contributed by atoms with Crippen molar-refractivity contribution in [3.05, 3.63) is 36.0 Å². The highest BCUT2D eigenvalue weighted by Crippen LogP contribution is 2.24. The summed E-state index contributed by atoms with van der Waals surface area (Å²) in [4.78, 5) is 25.5. The fourth-order valence-corrected chi connectivity index (χ4v) is 4.12. The number of carbonyl (C=O) groups excluding carboxylic acids is 1. The van der Waals surface area contributed by atoms with Gasteiger partial charge >= 0.3 is 0 Å². The van der Waals surface area contributed by atoms with E-state index in [0.29, 0.717) is 6.04 Å². The summed E-state index contributed by atoms with van der Waals surface area (Å²) in [6, 6.07) is 10.2. The highest BCUT2D eigenvalue weighted by Gasteiger charge is 2.27. The molecule has 160 valence electrons. The van der Waals surface area contributed by atoms with Gasteiger partial charge in [-0.15, -0.1) is 0 Å². The van der Waals surface area contributed by atoms with Crippen molar-refractivity contribution in [2.75, 3.05) is 54.9 Å².